The number of carbonyl (C=O) groups excluding carboxylic acids is 3. The predicted octanol–water partition coefficient (Wildman–Crippen LogP) is 11.9. The van der Waals surface area contributed by atoms with Gasteiger partial charge in [-0.15, -0.1) is 0 Å². The lowest BCUT2D eigenvalue weighted by Gasteiger charge is -2.58. The lowest BCUT2D eigenvalue weighted by atomic mass is 9.47. The average Bonchev–Trinajstić information content (AvgIpc) is 3.54. The molecule has 0 bridgehead atoms. The van der Waals surface area contributed by atoms with E-state index in [0.29, 0.717) is 54.1 Å². The van der Waals surface area contributed by atoms with Crippen LogP contribution in [0.25, 0.3) is 0 Å². The van der Waals surface area contributed by atoms with Gasteiger partial charge in [0.1, 0.15) is 30.0 Å². The molecule has 1 unspecified atom stereocenters. The predicted molar refractivity (Wildman–Crippen MR) is 221 cm³/mol. The van der Waals surface area contributed by atoms with Crippen LogP contribution in [0.5, 0.6) is 17.2 Å². The molecular weight excluding hydrogens is 701 g/mol. The number of hydrogen-bond donors (Lipinski definition) is 0. The van der Waals surface area contributed by atoms with E-state index in [1.165, 1.54) is 56.9 Å². The van der Waals surface area contributed by atoms with Gasteiger partial charge >= 0.3 is 17.9 Å². The number of carbonyl (C=O) groups is 3. The van der Waals surface area contributed by atoms with Crippen LogP contribution in [0.2, 0.25) is 0 Å². The van der Waals surface area contributed by atoms with Crippen molar-refractivity contribution in [2.75, 3.05) is 6.61 Å². The Bertz CT molecular complexity index is 1690. The van der Waals surface area contributed by atoms with Gasteiger partial charge in [-0.05, 0) is 153 Å². The van der Waals surface area contributed by atoms with Crippen LogP contribution in [-0.4, -0.2) is 30.6 Å². The third kappa shape index (κ3) is 9.80. The highest BCUT2D eigenvalue weighted by Crippen LogP contribution is 2.67. The van der Waals surface area contributed by atoms with Crippen LogP contribution in [0.15, 0.2) is 72.8 Å². The smallest absolute Gasteiger partial charge is 0.343 e. The second-order valence-electron chi connectivity index (χ2n) is 18.3. The van der Waals surface area contributed by atoms with Crippen molar-refractivity contribution in [3.05, 3.63) is 78.4 Å². The third-order valence-electron chi connectivity index (χ3n) is 14.3. The first-order chi connectivity index (χ1) is 26.9. The summed E-state index contributed by atoms with van der Waals surface area (Å²) in [5.74, 6) is 5.18. The molecule has 4 aliphatic carbocycles. The number of fused-ring (bicyclic) bond motifs is 5. The SMILES string of the molecule is C=CCOc1ccc(C(=O)Oc2ccc(OC(=O)CCCCC(=O)OC3CC[C@@]4(C)C(=CC[C@H]5[C@@H]6CC[C@H]([C@H](C)CCCC(C)C)[C@@]6(C)CC[C@@H]54)C3)cc2)cc1. The van der Waals surface area contributed by atoms with E-state index < -0.39 is 5.97 Å². The second kappa shape index (κ2) is 18.6. The van der Waals surface area contributed by atoms with Crippen molar-refractivity contribution in [2.24, 2.45) is 46.3 Å². The van der Waals surface area contributed by atoms with Gasteiger partial charge in [-0.2, -0.15) is 0 Å². The highest BCUT2D eigenvalue weighted by Gasteiger charge is 2.59. The van der Waals surface area contributed by atoms with Gasteiger partial charge in [0, 0.05) is 19.3 Å². The number of unbranched alkanes of at least 4 members (excludes halogenated alkanes) is 1. The zero-order chi connectivity index (χ0) is 39.9. The molecule has 6 rings (SSSR count). The van der Waals surface area contributed by atoms with E-state index in [0.717, 1.165) is 54.8 Å². The van der Waals surface area contributed by atoms with Crippen molar-refractivity contribution in [1.29, 1.82) is 0 Å². The van der Waals surface area contributed by atoms with Gasteiger partial charge in [-0.25, -0.2) is 4.79 Å². The lowest BCUT2D eigenvalue weighted by Crippen LogP contribution is -2.51. The fourth-order valence-corrected chi connectivity index (χ4v) is 11.3. The number of hydrogen-bond acceptors (Lipinski definition) is 7. The summed E-state index contributed by atoms with van der Waals surface area (Å²) in [6.07, 6.45) is 19.5. The molecule has 8 atom stereocenters. The standard InChI is InChI=1S/C49H66O7/c1-7-31-53-37-18-15-35(16-19-37)47(52)56-39-22-20-38(21-23-39)54-45(50)13-8-9-14-46(51)55-40-27-29-48(5)36(32-40)17-24-41-43-26-25-42(34(4)12-10-11-33(2)3)49(43,6)30-28-44(41)48/h7,15-23,33-34,40-44H,1,8-14,24-32H2,2-6H3/t34-,40?,41+,42-,43+,44+,48+,49-/m1/s1. The monoisotopic (exact) mass is 766 g/mol. The number of benzene rings is 2. The molecule has 3 saturated carbocycles. The first-order valence-electron chi connectivity index (χ1n) is 21.6. The summed E-state index contributed by atoms with van der Waals surface area (Å²) in [5.41, 5.74) is 2.65. The number of ether oxygens (including phenoxy) is 4. The zero-order valence-corrected chi connectivity index (χ0v) is 34.7. The molecular formula is C49H66O7. The van der Waals surface area contributed by atoms with Crippen LogP contribution in [-0.2, 0) is 14.3 Å². The van der Waals surface area contributed by atoms with Crippen LogP contribution in [0, 0.1) is 46.3 Å². The van der Waals surface area contributed by atoms with Crippen LogP contribution in [0.1, 0.15) is 141 Å². The van der Waals surface area contributed by atoms with E-state index in [4.69, 9.17) is 18.9 Å². The Morgan fingerprint density at radius 2 is 1.46 bits per heavy atom. The first-order valence-corrected chi connectivity index (χ1v) is 21.6. The summed E-state index contributed by atoms with van der Waals surface area (Å²) in [7, 11) is 0. The molecule has 3 fully saturated rings. The van der Waals surface area contributed by atoms with Crippen LogP contribution >= 0.6 is 0 Å². The summed E-state index contributed by atoms with van der Waals surface area (Å²) >= 11 is 0. The van der Waals surface area contributed by atoms with Gasteiger partial charge in [0.15, 0.2) is 0 Å². The number of esters is 3. The van der Waals surface area contributed by atoms with Gasteiger partial charge in [0.25, 0.3) is 0 Å². The fraction of sp³-hybridized carbons (Fsp3) is 0.612. The van der Waals surface area contributed by atoms with Crippen molar-refractivity contribution >= 4 is 17.9 Å². The van der Waals surface area contributed by atoms with Crippen LogP contribution < -0.4 is 14.2 Å². The normalized spacial score (nSPS) is 28.5. The molecule has 0 aromatic heterocycles. The minimum absolute atomic E-state index is 0.0514. The Morgan fingerprint density at radius 3 is 2.16 bits per heavy atom. The molecule has 0 radical (unpaired) electrons. The molecule has 0 spiro atoms. The van der Waals surface area contributed by atoms with Gasteiger partial charge in [-0.3, -0.25) is 9.59 Å². The highest BCUT2D eigenvalue weighted by atomic mass is 16.5. The highest BCUT2D eigenvalue weighted by molar-refractivity contribution is 5.91. The quantitative estimate of drug-likeness (QED) is 0.0685. The van der Waals surface area contributed by atoms with E-state index in [2.05, 4.69) is 47.3 Å². The first kappa shape index (κ1) is 41.8. The van der Waals surface area contributed by atoms with Gasteiger partial charge < -0.3 is 18.9 Å². The van der Waals surface area contributed by atoms with Crippen molar-refractivity contribution in [2.45, 2.75) is 137 Å². The average molecular weight is 767 g/mol. The molecule has 56 heavy (non-hydrogen) atoms. The van der Waals surface area contributed by atoms with Crippen molar-refractivity contribution in [3.63, 3.8) is 0 Å². The Balaban J connectivity index is 0.895. The molecule has 0 saturated heterocycles. The van der Waals surface area contributed by atoms with E-state index >= 15 is 0 Å². The second-order valence-corrected chi connectivity index (χ2v) is 18.3. The summed E-state index contributed by atoms with van der Waals surface area (Å²) < 4.78 is 22.4. The van der Waals surface area contributed by atoms with Gasteiger partial charge in [0.05, 0.1) is 5.56 Å². The largest absolute Gasteiger partial charge is 0.490 e. The Hall–Kier alpha value is -3.87. The maximum atomic E-state index is 12.9. The molecule has 0 heterocycles. The maximum absolute atomic E-state index is 12.9. The Kier molecular flexibility index (Phi) is 13.9. The lowest BCUT2D eigenvalue weighted by molar-refractivity contribution is -0.152. The van der Waals surface area contributed by atoms with E-state index in [1.54, 1.807) is 54.6 Å². The molecule has 2 aromatic carbocycles. The number of allylic oxidation sites excluding steroid dienone is 1. The van der Waals surface area contributed by atoms with Crippen LogP contribution in [0.3, 0.4) is 0 Å². The minimum Gasteiger partial charge on any atom is -0.490 e. The molecule has 304 valence electrons. The Morgan fingerprint density at radius 1 is 0.786 bits per heavy atom. The molecule has 2 aromatic rings. The molecule has 7 heteroatoms. The fourth-order valence-electron chi connectivity index (χ4n) is 11.3. The maximum Gasteiger partial charge on any atom is 0.343 e. The number of rotatable bonds is 17. The van der Waals surface area contributed by atoms with Crippen LogP contribution in [0.4, 0.5) is 0 Å². The van der Waals surface area contributed by atoms with Crippen molar-refractivity contribution < 1.29 is 33.3 Å². The topological polar surface area (TPSA) is 88.1 Å². The van der Waals surface area contributed by atoms with E-state index in [9.17, 15) is 14.4 Å². The zero-order valence-electron chi connectivity index (χ0n) is 34.7. The summed E-state index contributed by atoms with van der Waals surface area (Å²) in [6, 6.07) is 13.0. The van der Waals surface area contributed by atoms with E-state index in [1.807, 2.05) is 0 Å². The minimum atomic E-state index is -0.503. The molecule has 0 N–H and O–H groups in total. The summed E-state index contributed by atoms with van der Waals surface area (Å²) in [4.78, 5) is 37.9. The summed E-state index contributed by atoms with van der Waals surface area (Å²) in [6.45, 7) is 16.5. The van der Waals surface area contributed by atoms with Crippen molar-refractivity contribution in [3.8, 4) is 17.2 Å². The molecule has 0 amide bonds. The van der Waals surface area contributed by atoms with Crippen molar-refractivity contribution in [1.82, 2.24) is 0 Å². The van der Waals surface area contributed by atoms with E-state index in [-0.39, 0.29) is 29.9 Å². The molecule has 4 aliphatic rings. The van der Waals surface area contributed by atoms with Gasteiger partial charge in [0.2, 0.25) is 0 Å². The molecule has 7 nitrogen and oxygen atoms in total. The third-order valence-corrected chi connectivity index (χ3v) is 14.3. The Labute approximate surface area is 336 Å². The van der Waals surface area contributed by atoms with Gasteiger partial charge in [-0.1, -0.05) is 78.2 Å². The summed E-state index contributed by atoms with van der Waals surface area (Å²) in [5, 5.41) is 0. The molecule has 0 aliphatic heterocycles.